The van der Waals surface area contributed by atoms with Gasteiger partial charge < -0.3 is 9.30 Å². The molecule has 5 heteroatoms. The Hall–Kier alpha value is -2.95. The lowest BCUT2D eigenvalue weighted by Crippen LogP contribution is -2.07. The van der Waals surface area contributed by atoms with Gasteiger partial charge in [0, 0.05) is 18.9 Å². The first-order valence-corrected chi connectivity index (χ1v) is 8.05. The van der Waals surface area contributed by atoms with E-state index < -0.39 is 11.6 Å². The molecule has 0 radical (unpaired) electrons. The van der Waals surface area contributed by atoms with Crippen LogP contribution in [0.3, 0.4) is 0 Å². The summed E-state index contributed by atoms with van der Waals surface area (Å²) in [5, 5.41) is 0. The van der Waals surface area contributed by atoms with Gasteiger partial charge in [0.1, 0.15) is 29.8 Å². The van der Waals surface area contributed by atoms with Crippen molar-refractivity contribution in [1.82, 2.24) is 4.57 Å². The largest absolute Gasteiger partial charge is 0.475 e. The normalized spacial score (nSPS) is 16.6. The second-order valence-electron chi connectivity index (χ2n) is 5.95. The molecule has 25 heavy (non-hydrogen) atoms. The average Bonchev–Trinajstić information content (AvgIpc) is 3.28. The molecular weight excluding hydrogens is 322 g/mol. The lowest BCUT2D eigenvalue weighted by atomic mass is 10.1. The minimum atomic E-state index is -0.665. The van der Waals surface area contributed by atoms with E-state index in [-0.39, 0.29) is 24.1 Å². The van der Waals surface area contributed by atoms with Crippen LogP contribution in [0, 0.1) is 11.6 Å². The van der Waals surface area contributed by atoms with Gasteiger partial charge in [-0.15, -0.1) is 0 Å². The molecule has 3 nitrogen and oxygen atoms in total. The quantitative estimate of drug-likeness (QED) is 0.695. The third kappa shape index (κ3) is 3.18. The van der Waals surface area contributed by atoms with Crippen LogP contribution in [0.25, 0.3) is 0 Å². The summed E-state index contributed by atoms with van der Waals surface area (Å²) in [4.78, 5) is 4.36. The molecule has 126 valence electrons. The first kappa shape index (κ1) is 15.6. The summed E-state index contributed by atoms with van der Waals surface area (Å²) in [5.41, 5.74) is 1.93. The lowest BCUT2D eigenvalue weighted by molar-refractivity contribution is 0.317. The van der Waals surface area contributed by atoms with E-state index >= 15 is 0 Å². The molecule has 0 N–H and O–H groups in total. The maximum absolute atomic E-state index is 13.9. The van der Waals surface area contributed by atoms with Gasteiger partial charge in [0.2, 0.25) is 5.90 Å². The molecule has 0 saturated heterocycles. The fraction of sp³-hybridized carbons (Fsp3) is 0.150. The van der Waals surface area contributed by atoms with Crippen LogP contribution in [-0.4, -0.2) is 17.1 Å². The Morgan fingerprint density at radius 2 is 1.64 bits per heavy atom. The SMILES string of the molecule is Fc1cccc(F)c1C1=NC(c2ccc(Cn3cccc3)cc2)CO1. The van der Waals surface area contributed by atoms with Crippen LogP contribution in [0.1, 0.15) is 22.7 Å². The number of aliphatic imine (C=N–C) groups is 1. The Labute approximate surface area is 144 Å². The van der Waals surface area contributed by atoms with Crippen molar-refractivity contribution in [2.45, 2.75) is 12.6 Å². The monoisotopic (exact) mass is 338 g/mol. The number of hydrogen-bond acceptors (Lipinski definition) is 2. The zero-order valence-electron chi connectivity index (χ0n) is 13.4. The molecule has 2 aromatic carbocycles. The van der Waals surface area contributed by atoms with Crippen molar-refractivity contribution in [3.05, 3.63) is 95.3 Å². The molecular formula is C20H16F2N2O. The topological polar surface area (TPSA) is 26.5 Å². The Balaban J connectivity index is 1.54. The molecule has 0 fully saturated rings. The minimum absolute atomic E-state index is 0.0250. The number of benzene rings is 2. The van der Waals surface area contributed by atoms with Crippen molar-refractivity contribution in [3.63, 3.8) is 0 Å². The van der Waals surface area contributed by atoms with Crippen molar-refractivity contribution in [2.24, 2.45) is 4.99 Å². The van der Waals surface area contributed by atoms with E-state index in [1.165, 1.54) is 23.8 Å². The molecule has 0 aliphatic carbocycles. The zero-order valence-corrected chi connectivity index (χ0v) is 13.4. The number of halogens is 2. The van der Waals surface area contributed by atoms with Crippen LogP contribution < -0.4 is 0 Å². The summed E-state index contributed by atoms with van der Waals surface area (Å²) in [6, 6.07) is 15.5. The Morgan fingerprint density at radius 3 is 2.32 bits per heavy atom. The number of hydrogen-bond donors (Lipinski definition) is 0. The summed E-state index contributed by atoms with van der Waals surface area (Å²) in [6.45, 7) is 1.07. The van der Waals surface area contributed by atoms with Gasteiger partial charge in [-0.1, -0.05) is 30.3 Å². The van der Waals surface area contributed by atoms with Crippen LogP contribution in [0.15, 0.2) is 72.0 Å². The third-order valence-electron chi connectivity index (χ3n) is 4.22. The van der Waals surface area contributed by atoms with E-state index in [9.17, 15) is 8.78 Å². The van der Waals surface area contributed by atoms with E-state index in [0.29, 0.717) is 0 Å². The number of nitrogens with zero attached hydrogens (tertiary/aromatic N) is 2. The summed E-state index contributed by atoms with van der Waals surface area (Å²) in [5.74, 6) is -1.31. The number of rotatable bonds is 4. The lowest BCUT2D eigenvalue weighted by Gasteiger charge is -2.08. The Morgan fingerprint density at radius 1 is 0.960 bits per heavy atom. The summed E-state index contributed by atoms with van der Waals surface area (Å²) < 4.78 is 35.3. The van der Waals surface area contributed by atoms with Crippen molar-refractivity contribution in [1.29, 1.82) is 0 Å². The molecule has 4 rings (SSSR count). The standard InChI is InChI=1S/C20H16F2N2O/c21-16-4-3-5-17(22)19(16)20-23-18(13-25-20)15-8-6-14(7-9-15)12-24-10-1-2-11-24/h1-11,18H,12-13H2. The summed E-state index contributed by atoms with van der Waals surface area (Å²) in [6.07, 6.45) is 4.02. The first-order chi connectivity index (χ1) is 12.2. The van der Waals surface area contributed by atoms with Crippen LogP contribution in [-0.2, 0) is 11.3 Å². The third-order valence-corrected chi connectivity index (χ3v) is 4.22. The molecule has 2 heterocycles. The van der Waals surface area contributed by atoms with E-state index in [1.807, 2.05) is 48.8 Å². The van der Waals surface area contributed by atoms with Crippen molar-refractivity contribution in [2.75, 3.05) is 6.61 Å². The highest BCUT2D eigenvalue weighted by atomic mass is 19.1. The number of ether oxygens (including phenoxy) is 1. The van der Waals surface area contributed by atoms with Crippen molar-refractivity contribution < 1.29 is 13.5 Å². The molecule has 1 aliphatic heterocycles. The molecule has 0 saturated carbocycles. The molecule has 1 unspecified atom stereocenters. The molecule has 3 aromatic rings. The summed E-state index contributed by atoms with van der Waals surface area (Å²) >= 11 is 0. The highest BCUT2D eigenvalue weighted by Crippen LogP contribution is 2.27. The van der Waals surface area contributed by atoms with Crippen molar-refractivity contribution >= 4 is 5.90 Å². The highest BCUT2D eigenvalue weighted by Gasteiger charge is 2.26. The molecule has 0 amide bonds. The fourth-order valence-corrected chi connectivity index (χ4v) is 2.92. The van der Waals surface area contributed by atoms with Gasteiger partial charge in [-0.05, 0) is 35.4 Å². The molecule has 0 spiro atoms. The smallest absolute Gasteiger partial charge is 0.222 e. The predicted octanol–water partition coefficient (Wildman–Crippen LogP) is 4.33. The Bertz CT molecular complexity index is 882. The predicted molar refractivity (Wildman–Crippen MR) is 91.6 cm³/mol. The first-order valence-electron chi connectivity index (χ1n) is 8.05. The van der Waals surface area contributed by atoms with Crippen LogP contribution >= 0.6 is 0 Å². The van der Waals surface area contributed by atoms with Crippen molar-refractivity contribution in [3.8, 4) is 0 Å². The van der Waals surface area contributed by atoms with Gasteiger partial charge in [-0.2, -0.15) is 0 Å². The van der Waals surface area contributed by atoms with Crippen LogP contribution in [0.5, 0.6) is 0 Å². The van der Waals surface area contributed by atoms with E-state index in [2.05, 4.69) is 9.56 Å². The second kappa shape index (κ2) is 6.51. The molecule has 1 aromatic heterocycles. The Kier molecular flexibility index (Phi) is 4.06. The second-order valence-corrected chi connectivity index (χ2v) is 5.95. The molecule has 0 bridgehead atoms. The van der Waals surface area contributed by atoms with Gasteiger partial charge >= 0.3 is 0 Å². The fourth-order valence-electron chi connectivity index (χ4n) is 2.92. The van der Waals surface area contributed by atoms with E-state index in [0.717, 1.165) is 12.1 Å². The van der Waals surface area contributed by atoms with Gasteiger partial charge in [-0.25, -0.2) is 13.8 Å². The van der Waals surface area contributed by atoms with Gasteiger partial charge in [0.25, 0.3) is 0 Å². The zero-order chi connectivity index (χ0) is 17.2. The minimum Gasteiger partial charge on any atom is -0.475 e. The highest BCUT2D eigenvalue weighted by molar-refractivity contribution is 5.95. The summed E-state index contributed by atoms with van der Waals surface area (Å²) in [7, 11) is 0. The van der Waals surface area contributed by atoms with Gasteiger partial charge in [0.05, 0.1) is 0 Å². The molecule has 1 atom stereocenters. The number of aromatic nitrogens is 1. The van der Waals surface area contributed by atoms with Crippen LogP contribution in [0.2, 0.25) is 0 Å². The van der Waals surface area contributed by atoms with E-state index in [1.54, 1.807) is 0 Å². The molecule has 1 aliphatic rings. The van der Waals surface area contributed by atoms with Crippen LogP contribution in [0.4, 0.5) is 8.78 Å². The maximum atomic E-state index is 13.9. The maximum Gasteiger partial charge on any atom is 0.222 e. The average molecular weight is 338 g/mol. The van der Waals surface area contributed by atoms with Gasteiger partial charge in [0.15, 0.2) is 0 Å². The van der Waals surface area contributed by atoms with E-state index in [4.69, 9.17) is 4.74 Å². The van der Waals surface area contributed by atoms with Gasteiger partial charge in [-0.3, -0.25) is 0 Å².